The summed E-state index contributed by atoms with van der Waals surface area (Å²) >= 11 is 1.41. The summed E-state index contributed by atoms with van der Waals surface area (Å²) in [4.78, 5) is 0.283. The molecule has 3 aromatic rings. The minimum absolute atomic E-state index is 0.283. The van der Waals surface area contributed by atoms with E-state index in [1.807, 2.05) is 54.6 Å². The number of benzene rings is 2. The molecule has 27 heavy (non-hydrogen) atoms. The Labute approximate surface area is 164 Å². The average Bonchev–Trinajstić information content (AvgIpc) is 3.11. The molecule has 0 saturated carbocycles. The molecule has 5 nitrogen and oxygen atoms in total. The number of hydrogen-bond donors (Lipinski definition) is 2. The number of thiophene rings is 1. The van der Waals surface area contributed by atoms with Crippen LogP contribution in [0, 0.1) is 0 Å². The molecule has 144 valence electrons. The predicted molar refractivity (Wildman–Crippen MR) is 110 cm³/mol. The molecule has 3 N–H and O–H groups in total. The van der Waals surface area contributed by atoms with Crippen molar-refractivity contribution in [1.82, 2.24) is 4.72 Å². The quantitative estimate of drug-likeness (QED) is 0.531. The normalized spacial score (nSPS) is 14.3. The van der Waals surface area contributed by atoms with Crippen LogP contribution in [-0.2, 0) is 21.4 Å². The second-order valence-electron chi connectivity index (χ2n) is 6.60. The van der Waals surface area contributed by atoms with Gasteiger partial charge in [0.1, 0.15) is 10.6 Å². The molecule has 7 heteroatoms. The fourth-order valence-electron chi connectivity index (χ4n) is 2.91. The highest BCUT2D eigenvalue weighted by Gasteiger charge is 2.32. The van der Waals surface area contributed by atoms with Gasteiger partial charge in [-0.15, -0.1) is 11.3 Å². The number of nitrogens with one attached hydrogen (secondary N) is 1. The van der Waals surface area contributed by atoms with Crippen LogP contribution in [0.15, 0.2) is 64.9 Å². The van der Waals surface area contributed by atoms with E-state index in [1.165, 1.54) is 11.3 Å². The summed E-state index contributed by atoms with van der Waals surface area (Å²) in [6.45, 7) is 2.54. The second-order valence-corrected chi connectivity index (χ2v) is 9.16. The summed E-state index contributed by atoms with van der Waals surface area (Å²) in [5.74, 6) is 0. The Balaban J connectivity index is 1.83. The summed E-state index contributed by atoms with van der Waals surface area (Å²) < 4.78 is 35.9. The van der Waals surface area contributed by atoms with Crippen LogP contribution in [0.2, 0.25) is 0 Å². The van der Waals surface area contributed by atoms with Crippen molar-refractivity contribution in [2.24, 2.45) is 5.73 Å². The predicted octanol–water partition coefficient (Wildman–Crippen LogP) is 3.85. The lowest BCUT2D eigenvalue weighted by molar-refractivity contribution is -0.0580. The Kier molecular flexibility index (Phi) is 6.29. The molecule has 0 fully saturated rings. The van der Waals surface area contributed by atoms with E-state index >= 15 is 0 Å². The Morgan fingerprint density at radius 1 is 1.11 bits per heavy atom. The molecule has 0 spiro atoms. The maximum Gasteiger partial charge on any atom is 0.244 e. The number of hydrogen-bond acceptors (Lipinski definition) is 5. The van der Waals surface area contributed by atoms with Gasteiger partial charge in [0, 0.05) is 15.5 Å². The molecule has 0 aliphatic carbocycles. The van der Waals surface area contributed by atoms with Crippen molar-refractivity contribution in [3.63, 3.8) is 0 Å². The monoisotopic (exact) mass is 404 g/mol. The van der Waals surface area contributed by atoms with E-state index in [9.17, 15) is 8.42 Å². The molecular weight excluding hydrogens is 380 g/mol. The first-order valence-corrected chi connectivity index (χ1v) is 11.2. The van der Waals surface area contributed by atoms with Gasteiger partial charge in [0.25, 0.3) is 0 Å². The molecular formula is C20H24N2O3S2. The first-order valence-electron chi connectivity index (χ1n) is 8.82. The van der Waals surface area contributed by atoms with Crippen molar-refractivity contribution in [1.29, 1.82) is 0 Å². The van der Waals surface area contributed by atoms with E-state index in [-0.39, 0.29) is 4.90 Å². The number of rotatable bonds is 9. The zero-order valence-electron chi connectivity index (χ0n) is 15.2. The molecule has 0 aliphatic rings. The largest absolute Gasteiger partial charge is 0.355 e. The number of ether oxygens (including phenoxy) is 1. The molecule has 0 bridgehead atoms. The fourth-order valence-corrected chi connectivity index (χ4v) is 5.76. The summed E-state index contributed by atoms with van der Waals surface area (Å²) in [5.41, 5.74) is 5.58. The highest BCUT2D eigenvalue weighted by atomic mass is 32.2. The van der Waals surface area contributed by atoms with Gasteiger partial charge in [0.15, 0.2) is 0 Å². The first-order chi connectivity index (χ1) is 12.9. The lowest BCUT2D eigenvalue weighted by Gasteiger charge is -2.30. The van der Waals surface area contributed by atoms with E-state index in [1.54, 1.807) is 12.3 Å². The van der Waals surface area contributed by atoms with Gasteiger partial charge in [0.2, 0.25) is 10.0 Å². The summed E-state index contributed by atoms with van der Waals surface area (Å²) in [6, 6.07) is 17.2. The van der Waals surface area contributed by atoms with Crippen molar-refractivity contribution in [3.05, 3.63) is 65.5 Å². The Bertz CT molecular complexity index is 987. The van der Waals surface area contributed by atoms with Crippen molar-refractivity contribution < 1.29 is 13.2 Å². The number of nitrogens with two attached hydrogens (primary N) is 1. The van der Waals surface area contributed by atoms with Crippen LogP contribution < -0.4 is 10.5 Å². The Morgan fingerprint density at radius 2 is 1.81 bits per heavy atom. The summed E-state index contributed by atoms with van der Waals surface area (Å²) in [7, 11) is -3.74. The van der Waals surface area contributed by atoms with Crippen molar-refractivity contribution in [2.75, 3.05) is 6.54 Å². The SMILES string of the molecule is C[C@](CCCN)(NS(=O)(=O)c1csc2ccccc12)OCc1ccccc1. The average molecular weight is 405 g/mol. The van der Waals surface area contributed by atoms with Crippen LogP contribution in [0.3, 0.4) is 0 Å². The lowest BCUT2D eigenvalue weighted by Crippen LogP contribution is -2.48. The Hall–Kier alpha value is -1.77. The lowest BCUT2D eigenvalue weighted by atomic mass is 10.1. The second kappa shape index (κ2) is 8.50. The van der Waals surface area contributed by atoms with Gasteiger partial charge >= 0.3 is 0 Å². The van der Waals surface area contributed by atoms with Crippen molar-refractivity contribution in [3.8, 4) is 0 Å². The molecule has 1 aromatic heterocycles. The maximum atomic E-state index is 13.1. The van der Waals surface area contributed by atoms with Crippen LogP contribution in [0.4, 0.5) is 0 Å². The van der Waals surface area contributed by atoms with E-state index in [0.29, 0.717) is 26.0 Å². The van der Waals surface area contributed by atoms with Crippen LogP contribution >= 0.6 is 11.3 Å². The molecule has 1 atom stereocenters. The van der Waals surface area contributed by atoms with Gasteiger partial charge in [-0.25, -0.2) is 8.42 Å². The van der Waals surface area contributed by atoms with E-state index in [2.05, 4.69) is 4.72 Å². The molecule has 0 amide bonds. The molecule has 0 aliphatic heterocycles. The number of fused-ring (bicyclic) bond motifs is 1. The van der Waals surface area contributed by atoms with Gasteiger partial charge in [-0.1, -0.05) is 48.5 Å². The van der Waals surface area contributed by atoms with E-state index < -0.39 is 15.7 Å². The number of sulfonamides is 1. The van der Waals surface area contributed by atoms with Gasteiger partial charge in [-0.3, -0.25) is 0 Å². The molecule has 0 unspecified atom stereocenters. The van der Waals surface area contributed by atoms with E-state index in [4.69, 9.17) is 10.5 Å². The Morgan fingerprint density at radius 3 is 2.56 bits per heavy atom. The highest BCUT2D eigenvalue weighted by Crippen LogP contribution is 2.30. The van der Waals surface area contributed by atoms with Crippen molar-refractivity contribution in [2.45, 2.75) is 37.0 Å². The minimum Gasteiger partial charge on any atom is -0.355 e. The third kappa shape index (κ3) is 4.94. The third-order valence-corrected chi connectivity index (χ3v) is 7.07. The molecule has 1 heterocycles. The van der Waals surface area contributed by atoms with Crippen LogP contribution in [-0.4, -0.2) is 20.7 Å². The zero-order chi connectivity index (χ0) is 19.3. The standard InChI is InChI=1S/C20H24N2O3S2/c1-20(12-7-13-21,25-14-16-8-3-2-4-9-16)22-27(23,24)19-15-26-18-11-6-5-10-17(18)19/h2-6,8-11,15,22H,7,12-14,21H2,1H3/t20-/m0/s1. The topological polar surface area (TPSA) is 81.4 Å². The van der Waals surface area contributed by atoms with E-state index in [0.717, 1.165) is 15.6 Å². The first kappa shape index (κ1) is 20.0. The van der Waals surface area contributed by atoms with Crippen molar-refractivity contribution >= 4 is 31.4 Å². The molecule has 0 saturated heterocycles. The molecule has 0 radical (unpaired) electrons. The van der Waals surface area contributed by atoms with Gasteiger partial charge in [-0.2, -0.15) is 4.72 Å². The maximum absolute atomic E-state index is 13.1. The minimum atomic E-state index is -3.74. The zero-order valence-corrected chi connectivity index (χ0v) is 16.9. The summed E-state index contributed by atoms with van der Waals surface area (Å²) in [6.07, 6.45) is 1.13. The van der Waals surface area contributed by atoms with Crippen LogP contribution in [0.1, 0.15) is 25.3 Å². The molecule has 2 aromatic carbocycles. The van der Waals surface area contributed by atoms with Crippen LogP contribution in [0.25, 0.3) is 10.1 Å². The third-order valence-electron chi connectivity index (χ3n) is 4.34. The fraction of sp³-hybridized carbons (Fsp3) is 0.300. The van der Waals surface area contributed by atoms with Crippen LogP contribution in [0.5, 0.6) is 0 Å². The smallest absolute Gasteiger partial charge is 0.244 e. The highest BCUT2D eigenvalue weighted by molar-refractivity contribution is 7.90. The molecule has 3 rings (SSSR count). The van der Waals surface area contributed by atoms with Gasteiger partial charge in [0.05, 0.1) is 6.61 Å². The van der Waals surface area contributed by atoms with Gasteiger partial charge < -0.3 is 10.5 Å². The van der Waals surface area contributed by atoms with Gasteiger partial charge in [-0.05, 0) is 37.9 Å². The summed E-state index contributed by atoms with van der Waals surface area (Å²) in [5, 5.41) is 2.40.